The number of oxazole rings is 1. The number of piperidine rings is 1. The molecule has 0 spiro atoms. The van der Waals surface area contributed by atoms with Crippen LogP contribution in [0.1, 0.15) is 48.1 Å². The van der Waals surface area contributed by atoms with Gasteiger partial charge < -0.3 is 19.2 Å². The summed E-state index contributed by atoms with van der Waals surface area (Å²) in [5, 5.41) is 21.2. The van der Waals surface area contributed by atoms with Gasteiger partial charge in [0.05, 0.1) is 24.4 Å². The fourth-order valence-corrected chi connectivity index (χ4v) is 5.28. The van der Waals surface area contributed by atoms with Crippen LogP contribution in [-0.4, -0.2) is 29.3 Å². The fourth-order valence-electron chi connectivity index (χ4n) is 5.28. The number of benzene rings is 3. The van der Waals surface area contributed by atoms with Crippen LogP contribution in [0.5, 0.6) is 5.75 Å². The van der Waals surface area contributed by atoms with E-state index in [9.17, 15) is 10.4 Å². The summed E-state index contributed by atoms with van der Waals surface area (Å²) in [6, 6.07) is 28.6. The van der Waals surface area contributed by atoms with Gasteiger partial charge in [-0.2, -0.15) is 5.26 Å². The van der Waals surface area contributed by atoms with E-state index < -0.39 is 5.60 Å². The van der Waals surface area contributed by atoms with Crippen LogP contribution < -0.4 is 9.64 Å². The van der Waals surface area contributed by atoms with Gasteiger partial charge in [0.1, 0.15) is 18.8 Å². The highest BCUT2D eigenvalue weighted by molar-refractivity contribution is 5.41. The van der Waals surface area contributed by atoms with Gasteiger partial charge in [-0.1, -0.05) is 73.7 Å². The molecule has 1 aromatic heterocycles. The van der Waals surface area contributed by atoms with E-state index in [0.29, 0.717) is 29.2 Å². The standard InChI is InChI=1S/C31H31N3O3/c1-2-24-16-17-34(22-29(24)36-27-15-9-10-23(18-27)19-32)21-28-20-33-30(37-28)31(35,25-11-5-3-6-12-25)26-13-7-4-8-14-26/h3-15,18,20,24,29,35H,2,16-17,21-22H2,1H3/p+1. The monoisotopic (exact) mass is 494 g/mol. The molecule has 0 bridgehead atoms. The van der Waals surface area contributed by atoms with Crippen LogP contribution in [0, 0.1) is 17.2 Å². The van der Waals surface area contributed by atoms with Gasteiger partial charge in [0.25, 0.3) is 0 Å². The van der Waals surface area contributed by atoms with Crippen LogP contribution >= 0.6 is 0 Å². The second kappa shape index (κ2) is 11.0. The summed E-state index contributed by atoms with van der Waals surface area (Å²) in [7, 11) is 0. The van der Waals surface area contributed by atoms with Crippen LogP contribution in [0.3, 0.4) is 0 Å². The number of aromatic nitrogens is 1. The lowest BCUT2D eigenvalue weighted by Crippen LogP contribution is -3.13. The van der Waals surface area contributed by atoms with E-state index in [1.54, 1.807) is 18.3 Å². The Hall–Kier alpha value is -3.92. The number of rotatable bonds is 8. The molecule has 4 aromatic rings. The number of likely N-dealkylation sites (tertiary alicyclic amines) is 1. The summed E-state index contributed by atoms with van der Waals surface area (Å²) in [4.78, 5) is 5.90. The molecular formula is C31H32N3O3+. The van der Waals surface area contributed by atoms with Crippen molar-refractivity contribution in [1.82, 2.24) is 4.98 Å². The van der Waals surface area contributed by atoms with Crippen LogP contribution in [0.4, 0.5) is 0 Å². The number of nitrogens with zero attached hydrogens (tertiary/aromatic N) is 2. The molecule has 6 heteroatoms. The highest BCUT2D eigenvalue weighted by Crippen LogP contribution is 2.36. The molecule has 5 rings (SSSR count). The number of aliphatic hydroxyl groups is 1. The van der Waals surface area contributed by atoms with Crippen molar-refractivity contribution in [2.45, 2.75) is 38.0 Å². The molecule has 2 heterocycles. The maximum Gasteiger partial charge on any atom is 0.236 e. The summed E-state index contributed by atoms with van der Waals surface area (Å²) in [6.07, 6.45) is 3.88. The lowest BCUT2D eigenvalue weighted by Gasteiger charge is -2.35. The highest BCUT2D eigenvalue weighted by Gasteiger charge is 2.39. The van der Waals surface area contributed by atoms with Crippen molar-refractivity contribution in [1.29, 1.82) is 5.26 Å². The number of quaternary nitrogens is 1. The minimum absolute atomic E-state index is 0.0515. The molecule has 37 heavy (non-hydrogen) atoms. The molecule has 3 atom stereocenters. The molecule has 188 valence electrons. The number of hydrogen-bond donors (Lipinski definition) is 2. The lowest BCUT2D eigenvalue weighted by molar-refractivity contribution is -0.923. The molecule has 3 aromatic carbocycles. The maximum atomic E-state index is 12.0. The molecule has 1 saturated heterocycles. The Morgan fingerprint density at radius 3 is 2.41 bits per heavy atom. The van der Waals surface area contributed by atoms with Gasteiger partial charge in [-0.3, -0.25) is 0 Å². The first kappa shape index (κ1) is 24.8. The summed E-state index contributed by atoms with van der Waals surface area (Å²) < 4.78 is 12.6. The summed E-state index contributed by atoms with van der Waals surface area (Å²) >= 11 is 0. The smallest absolute Gasteiger partial charge is 0.236 e. The third-order valence-electron chi connectivity index (χ3n) is 7.33. The van der Waals surface area contributed by atoms with Crippen molar-refractivity contribution in [2.75, 3.05) is 13.1 Å². The van der Waals surface area contributed by atoms with Crippen molar-refractivity contribution in [2.24, 2.45) is 5.92 Å². The molecule has 1 aliphatic heterocycles. The molecule has 1 aliphatic rings. The molecule has 0 aliphatic carbocycles. The highest BCUT2D eigenvalue weighted by atomic mass is 16.5. The third kappa shape index (κ3) is 5.29. The molecule has 6 nitrogen and oxygen atoms in total. The second-order valence-corrected chi connectivity index (χ2v) is 9.71. The van der Waals surface area contributed by atoms with Gasteiger partial charge in [0.2, 0.25) is 5.89 Å². The average molecular weight is 495 g/mol. The zero-order valence-electron chi connectivity index (χ0n) is 21.0. The first-order valence-corrected chi connectivity index (χ1v) is 12.9. The van der Waals surface area contributed by atoms with E-state index in [1.807, 2.05) is 72.8 Å². The van der Waals surface area contributed by atoms with Crippen LogP contribution in [-0.2, 0) is 12.1 Å². The SMILES string of the molecule is CCC1CC[NH+](Cc2cnc(C(O)(c3ccccc3)c3ccccc3)o2)CC1Oc1cccc(C#N)c1. The van der Waals surface area contributed by atoms with E-state index in [-0.39, 0.29) is 12.0 Å². The molecule has 0 saturated carbocycles. The Kier molecular flexibility index (Phi) is 7.36. The number of hydrogen-bond acceptors (Lipinski definition) is 5. The Morgan fingerprint density at radius 2 is 1.76 bits per heavy atom. The summed E-state index contributed by atoms with van der Waals surface area (Å²) in [5.41, 5.74) is 0.532. The maximum absolute atomic E-state index is 12.0. The predicted molar refractivity (Wildman–Crippen MR) is 140 cm³/mol. The first-order chi connectivity index (χ1) is 18.1. The van der Waals surface area contributed by atoms with E-state index in [2.05, 4.69) is 18.0 Å². The Bertz CT molecular complexity index is 1310. The van der Waals surface area contributed by atoms with Gasteiger partial charge in [-0.25, -0.2) is 4.98 Å². The average Bonchev–Trinajstić information content (AvgIpc) is 3.43. The van der Waals surface area contributed by atoms with Gasteiger partial charge in [0, 0.05) is 12.3 Å². The zero-order valence-corrected chi connectivity index (χ0v) is 21.0. The molecule has 0 amide bonds. The minimum atomic E-state index is -1.48. The molecule has 1 fully saturated rings. The van der Waals surface area contributed by atoms with E-state index in [0.717, 1.165) is 37.4 Å². The van der Waals surface area contributed by atoms with Gasteiger partial charge in [0.15, 0.2) is 17.5 Å². The topological polar surface area (TPSA) is 83.7 Å². The fraction of sp³-hybridized carbons (Fsp3) is 0.290. The summed E-state index contributed by atoms with van der Waals surface area (Å²) in [5.74, 6) is 2.20. The van der Waals surface area contributed by atoms with Crippen LogP contribution in [0.15, 0.2) is 95.5 Å². The Labute approximate surface area is 217 Å². The number of nitriles is 1. The molecule has 0 radical (unpaired) electrons. The summed E-state index contributed by atoms with van der Waals surface area (Å²) in [6.45, 7) is 4.69. The second-order valence-electron chi connectivity index (χ2n) is 9.71. The predicted octanol–water partition coefficient (Wildman–Crippen LogP) is 4.09. The van der Waals surface area contributed by atoms with E-state index in [1.165, 1.54) is 4.90 Å². The molecular weight excluding hydrogens is 462 g/mol. The van der Waals surface area contributed by atoms with Gasteiger partial charge >= 0.3 is 0 Å². The Morgan fingerprint density at radius 1 is 1.05 bits per heavy atom. The normalized spacial score (nSPS) is 19.8. The van der Waals surface area contributed by atoms with E-state index in [4.69, 9.17) is 9.15 Å². The van der Waals surface area contributed by atoms with Crippen molar-refractivity contribution >= 4 is 0 Å². The van der Waals surface area contributed by atoms with Crippen molar-refractivity contribution < 1.29 is 19.2 Å². The largest absolute Gasteiger partial charge is 0.484 e. The lowest BCUT2D eigenvalue weighted by atomic mass is 9.86. The van der Waals surface area contributed by atoms with Crippen LogP contribution in [0.25, 0.3) is 0 Å². The van der Waals surface area contributed by atoms with Crippen LogP contribution in [0.2, 0.25) is 0 Å². The third-order valence-corrected chi connectivity index (χ3v) is 7.33. The molecule has 3 unspecified atom stereocenters. The van der Waals surface area contributed by atoms with Crippen molar-refractivity contribution in [3.63, 3.8) is 0 Å². The van der Waals surface area contributed by atoms with E-state index >= 15 is 0 Å². The number of nitrogens with one attached hydrogen (secondary N) is 1. The first-order valence-electron chi connectivity index (χ1n) is 12.9. The quantitative estimate of drug-likeness (QED) is 0.386. The Balaban J connectivity index is 1.35. The van der Waals surface area contributed by atoms with Gasteiger partial charge in [-0.15, -0.1) is 0 Å². The molecule has 2 N–H and O–H groups in total. The van der Waals surface area contributed by atoms with Gasteiger partial charge in [-0.05, 0) is 35.7 Å². The minimum Gasteiger partial charge on any atom is -0.484 e. The number of ether oxygens (including phenoxy) is 1. The van der Waals surface area contributed by atoms with Crippen molar-refractivity contribution in [3.05, 3.63) is 119 Å². The van der Waals surface area contributed by atoms with Crippen molar-refractivity contribution in [3.8, 4) is 11.8 Å². The zero-order chi connectivity index (χ0) is 25.7.